The molecular weight excluding hydrogens is 341 g/mol. The number of amides is 3. The van der Waals surface area contributed by atoms with E-state index in [0.29, 0.717) is 26.1 Å². The molecule has 25 heavy (non-hydrogen) atoms. The minimum absolute atomic E-state index is 0.0816. The van der Waals surface area contributed by atoms with Crippen LogP contribution in [0.15, 0.2) is 0 Å². The molecule has 0 bridgehead atoms. The molecule has 2 fully saturated rings. The number of carbonyl (C=O) groups excluding carboxylic acids is 2. The highest BCUT2D eigenvalue weighted by Gasteiger charge is 2.27. The van der Waals surface area contributed by atoms with E-state index < -0.39 is 18.8 Å². The number of hydrogen-bond acceptors (Lipinski definition) is 5. The van der Waals surface area contributed by atoms with Gasteiger partial charge in [0.05, 0.1) is 6.54 Å². The molecule has 0 aromatic heterocycles. The molecule has 1 aliphatic heterocycles. The Bertz CT molecular complexity index is 450. The first-order valence-corrected chi connectivity index (χ1v) is 8.51. The third-order valence-electron chi connectivity index (χ3n) is 4.03. The lowest BCUT2D eigenvalue weighted by Crippen LogP contribution is -2.51. The van der Waals surface area contributed by atoms with Crippen molar-refractivity contribution in [3.63, 3.8) is 0 Å². The first-order chi connectivity index (χ1) is 11.8. The van der Waals surface area contributed by atoms with Crippen molar-refractivity contribution in [2.75, 3.05) is 52.5 Å². The lowest BCUT2D eigenvalue weighted by Gasteiger charge is -2.34. The summed E-state index contributed by atoms with van der Waals surface area (Å²) in [5, 5.41) is 5.01. The number of imide groups is 1. The Morgan fingerprint density at radius 2 is 1.72 bits per heavy atom. The number of alkyl halides is 3. The first-order valence-electron chi connectivity index (χ1n) is 8.51. The quantitative estimate of drug-likeness (QED) is 0.614. The summed E-state index contributed by atoms with van der Waals surface area (Å²) in [5.41, 5.74) is 0. The van der Waals surface area contributed by atoms with Crippen LogP contribution in [0.5, 0.6) is 0 Å². The molecule has 2 N–H and O–H groups in total. The van der Waals surface area contributed by atoms with Crippen molar-refractivity contribution in [3.8, 4) is 0 Å². The average Bonchev–Trinajstić information content (AvgIpc) is 3.31. The fraction of sp³-hybridized carbons (Fsp3) is 0.867. The highest BCUT2D eigenvalue weighted by atomic mass is 19.4. The van der Waals surface area contributed by atoms with Crippen LogP contribution in [0.2, 0.25) is 0 Å². The second-order valence-electron chi connectivity index (χ2n) is 6.44. The Morgan fingerprint density at radius 1 is 1.08 bits per heavy atom. The molecule has 1 saturated carbocycles. The van der Waals surface area contributed by atoms with E-state index in [0.717, 1.165) is 25.9 Å². The van der Waals surface area contributed by atoms with E-state index in [2.05, 4.69) is 20.3 Å². The summed E-state index contributed by atoms with van der Waals surface area (Å²) >= 11 is 0. The van der Waals surface area contributed by atoms with Gasteiger partial charge in [0.25, 0.3) is 0 Å². The van der Waals surface area contributed by atoms with Crippen molar-refractivity contribution in [1.82, 2.24) is 20.4 Å². The van der Waals surface area contributed by atoms with Gasteiger partial charge in [0.2, 0.25) is 5.91 Å². The molecule has 0 aromatic carbocycles. The summed E-state index contributed by atoms with van der Waals surface area (Å²) in [4.78, 5) is 27.4. The maximum absolute atomic E-state index is 11.9. The maximum atomic E-state index is 11.9. The Kier molecular flexibility index (Phi) is 7.45. The second kappa shape index (κ2) is 9.35. The van der Waals surface area contributed by atoms with Crippen molar-refractivity contribution >= 4 is 11.9 Å². The standard InChI is InChI=1S/C15H25F3N4O3/c16-15(17,18)11-25-9-1-4-21-5-7-22(8-6-21)10-13(23)20-14(24)19-12-2-3-12/h12H,1-11H2,(H2,19,20,23,24). The smallest absolute Gasteiger partial charge is 0.372 e. The van der Waals surface area contributed by atoms with Crippen molar-refractivity contribution in [3.05, 3.63) is 0 Å². The largest absolute Gasteiger partial charge is 0.411 e. The highest BCUT2D eigenvalue weighted by Crippen LogP contribution is 2.18. The molecule has 2 aliphatic rings. The van der Waals surface area contributed by atoms with Crippen LogP contribution in [0.1, 0.15) is 19.3 Å². The van der Waals surface area contributed by atoms with Crippen molar-refractivity contribution in [2.24, 2.45) is 0 Å². The van der Waals surface area contributed by atoms with Crippen LogP contribution in [0.4, 0.5) is 18.0 Å². The molecule has 144 valence electrons. The van der Waals surface area contributed by atoms with E-state index in [9.17, 15) is 22.8 Å². The molecule has 0 atom stereocenters. The first kappa shape index (κ1) is 19.9. The predicted molar refractivity (Wildman–Crippen MR) is 84.1 cm³/mol. The predicted octanol–water partition coefficient (Wildman–Crippen LogP) is 0.561. The summed E-state index contributed by atoms with van der Waals surface area (Å²) in [7, 11) is 0. The summed E-state index contributed by atoms with van der Waals surface area (Å²) in [6, 6.07) is -0.235. The molecule has 1 saturated heterocycles. The van der Waals surface area contributed by atoms with E-state index in [4.69, 9.17) is 0 Å². The third kappa shape index (κ3) is 9.03. The van der Waals surface area contributed by atoms with Crippen LogP contribution in [-0.4, -0.2) is 86.4 Å². The van der Waals surface area contributed by atoms with Gasteiger partial charge in [0.15, 0.2) is 0 Å². The highest BCUT2D eigenvalue weighted by molar-refractivity contribution is 5.95. The number of nitrogens with zero attached hydrogens (tertiary/aromatic N) is 2. The Labute approximate surface area is 144 Å². The van der Waals surface area contributed by atoms with Gasteiger partial charge >= 0.3 is 12.2 Å². The maximum Gasteiger partial charge on any atom is 0.411 e. The molecule has 2 rings (SSSR count). The Hall–Kier alpha value is -1.39. The number of nitrogens with one attached hydrogen (secondary N) is 2. The fourth-order valence-electron chi connectivity index (χ4n) is 2.57. The number of halogens is 3. The number of carbonyl (C=O) groups is 2. The van der Waals surface area contributed by atoms with Crippen LogP contribution in [0.25, 0.3) is 0 Å². The topological polar surface area (TPSA) is 73.9 Å². The minimum atomic E-state index is -4.28. The lowest BCUT2D eigenvalue weighted by atomic mass is 10.3. The van der Waals surface area contributed by atoms with Gasteiger partial charge in [-0.25, -0.2) is 4.79 Å². The molecule has 7 nitrogen and oxygen atoms in total. The molecule has 1 heterocycles. The second-order valence-corrected chi connectivity index (χ2v) is 6.44. The molecular formula is C15H25F3N4O3. The molecule has 0 unspecified atom stereocenters. The van der Waals surface area contributed by atoms with Gasteiger partial charge in [-0.05, 0) is 19.3 Å². The van der Waals surface area contributed by atoms with Gasteiger partial charge in [-0.15, -0.1) is 0 Å². The van der Waals surface area contributed by atoms with Crippen molar-refractivity contribution < 1.29 is 27.5 Å². The van der Waals surface area contributed by atoms with E-state index >= 15 is 0 Å². The van der Waals surface area contributed by atoms with Gasteiger partial charge < -0.3 is 15.0 Å². The van der Waals surface area contributed by atoms with E-state index in [1.807, 2.05) is 4.90 Å². The molecule has 3 amide bonds. The fourth-order valence-corrected chi connectivity index (χ4v) is 2.57. The third-order valence-corrected chi connectivity index (χ3v) is 4.03. The van der Waals surface area contributed by atoms with Gasteiger partial charge in [-0.2, -0.15) is 13.2 Å². The molecule has 0 spiro atoms. The number of piperazine rings is 1. The van der Waals surface area contributed by atoms with E-state index in [-0.39, 0.29) is 25.1 Å². The van der Waals surface area contributed by atoms with Crippen LogP contribution in [0.3, 0.4) is 0 Å². The minimum Gasteiger partial charge on any atom is -0.372 e. The molecule has 0 radical (unpaired) electrons. The Morgan fingerprint density at radius 3 is 2.32 bits per heavy atom. The summed E-state index contributed by atoms with van der Waals surface area (Å²) in [6.45, 7) is 2.55. The zero-order valence-corrected chi connectivity index (χ0v) is 14.1. The Balaban J connectivity index is 1.50. The summed E-state index contributed by atoms with van der Waals surface area (Å²) < 4.78 is 40.4. The SMILES string of the molecule is O=C(CN1CCN(CCCOCC(F)(F)F)CC1)NC(=O)NC1CC1. The van der Waals surface area contributed by atoms with Crippen molar-refractivity contribution in [2.45, 2.75) is 31.5 Å². The van der Waals surface area contributed by atoms with Crippen LogP contribution < -0.4 is 10.6 Å². The number of rotatable bonds is 8. The van der Waals surface area contributed by atoms with Gasteiger partial charge in [0, 0.05) is 45.4 Å². The number of hydrogen-bond donors (Lipinski definition) is 2. The number of urea groups is 1. The lowest BCUT2D eigenvalue weighted by molar-refractivity contribution is -0.174. The van der Waals surface area contributed by atoms with Gasteiger partial charge in [0.1, 0.15) is 6.61 Å². The van der Waals surface area contributed by atoms with Crippen molar-refractivity contribution in [1.29, 1.82) is 0 Å². The summed E-state index contributed by atoms with van der Waals surface area (Å²) in [5.74, 6) is -0.327. The summed E-state index contributed by atoms with van der Waals surface area (Å²) in [6.07, 6.45) is -1.81. The van der Waals surface area contributed by atoms with Crippen LogP contribution >= 0.6 is 0 Å². The van der Waals surface area contributed by atoms with Gasteiger partial charge in [-0.1, -0.05) is 0 Å². The monoisotopic (exact) mass is 366 g/mol. The zero-order chi connectivity index (χ0) is 18.3. The average molecular weight is 366 g/mol. The zero-order valence-electron chi connectivity index (χ0n) is 14.1. The number of ether oxygens (including phenoxy) is 1. The molecule has 1 aliphatic carbocycles. The molecule has 10 heteroatoms. The normalized spacial score (nSPS) is 19.6. The van der Waals surface area contributed by atoms with Gasteiger partial charge in [-0.3, -0.25) is 15.0 Å². The van der Waals surface area contributed by atoms with Crippen LogP contribution in [0, 0.1) is 0 Å². The van der Waals surface area contributed by atoms with E-state index in [1.165, 1.54) is 0 Å². The molecule has 0 aromatic rings. The van der Waals surface area contributed by atoms with Crippen LogP contribution in [-0.2, 0) is 9.53 Å². The van der Waals surface area contributed by atoms with E-state index in [1.54, 1.807) is 0 Å².